The first-order chi connectivity index (χ1) is 11.8. The third-order valence-electron chi connectivity index (χ3n) is 4.92. The van der Waals surface area contributed by atoms with Crippen molar-refractivity contribution in [2.24, 2.45) is 5.41 Å². The van der Waals surface area contributed by atoms with Gasteiger partial charge in [0.25, 0.3) is 0 Å². The zero-order valence-electron chi connectivity index (χ0n) is 13.9. The summed E-state index contributed by atoms with van der Waals surface area (Å²) in [5.41, 5.74) is -0.300. The van der Waals surface area contributed by atoms with E-state index in [1.165, 1.54) is 4.90 Å². The van der Waals surface area contributed by atoms with Crippen LogP contribution in [0.4, 0.5) is 10.5 Å². The molecule has 2 aliphatic rings. The Morgan fingerprint density at radius 2 is 2.04 bits per heavy atom. The van der Waals surface area contributed by atoms with Crippen molar-refractivity contribution in [3.05, 3.63) is 29.3 Å². The van der Waals surface area contributed by atoms with E-state index in [4.69, 9.17) is 11.6 Å². The molecule has 134 valence electrons. The average molecular weight is 366 g/mol. The predicted octanol–water partition coefficient (Wildman–Crippen LogP) is 1.95. The number of nitrogens with zero attached hydrogens (tertiary/aromatic N) is 2. The highest BCUT2D eigenvalue weighted by atomic mass is 35.5. The van der Waals surface area contributed by atoms with Crippen LogP contribution >= 0.6 is 11.6 Å². The molecule has 0 spiro atoms. The first-order valence-electron chi connectivity index (χ1n) is 8.16. The second-order valence-corrected chi connectivity index (χ2v) is 7.18. The quantitative estimate of drug-likeness (QED) is 0.856. The Labute approximate surface area is 150 Å². The number of nitrogens with one attached hydrogen (secondary N) is 1. The Morgan fingerprint density at radius 3 is 2.68 bits per heavy atom. The number of hydrogen-bond donors (Lipinski definition) is 2. The minimum Gasteiger partial charge on any atom is -0.481 e. The van der Waals surface area contributed by atoms with Gasteiger partial charge in [-0.15, -0.1) is 0 Å². The summed E-state index contributed by atoms with van der Waals surface area (Å²) < 4.78 is 0. The number of carbonyl (C=O) groups is 3. The fourth-order valence-corrected chi connectivity index (χ4v) is 3.51. The van der Waals surface area contributed by atoms with Gasteiger partial charge in [-0.3, -0.25) is 9.59 Å². The summed E-state index contributed by atoms with van der Waals surface area (Å²) in [6.07, 6.45) is 0.889. The van der Waals surface area contributed by atoms with E-state index < -0.39 is 23.5 Å². The summed E-state index contributed by atoms with van der Waals surface area (Å²) in [6, 6.07) is 6.05. The van der Waals surface area contributed by atoms with E-state index in [2.05, 4.69) is 5.32 Å². The fraction of sp³-hybridized carbons (Fsp3) is 0.471. The molecule has 0 saturated carbocycles. The van der Waals surface area contributed by atoms with Crippen LogP contribution in [0.1, 0.15) is 19.8 Å². The second-order valence-electron chi connectivity index (χ2n) is 6.77. The monoisotopic (exact) mass is 365 g/mol. The van der Waals surface area contributed by atoms with Crippen molar-refractivity contribution in [1.82, 2.24) is 10.2 Å². The van der Waals surface area contributed by atoms with Gasteiger partial charge in [0.15, 0.2) is 0 Å². The summed E-state index contributed by atoms with van der Waals surface area (Å²) in [6.45, 7) is 2.61. The third-order valence-corrected chi connectivity index (χ3v) is 5.24. The maximum Gasteiger partial charge on any atom is 0.318 e. The van der Waals surface area contributed by atoms with Crippen molar-refractivity contribution in [3.63, 3.8) is 0 Å². The van der Waals surface area contributed by atoms with Crippen LogP contribution in [-0.4, -0.2) is 53.6 Å². The highest BCUT2D eigenvalue weighted by molar-refractivity contribution is 6.34. The Bertz CT molecular complexity index is 726. The molecule has 0 aromatic heterocycles. The maximum atomic E-state index is 12.6. The van der Waals surface area contributed by atoms with Crippen LogP contribution in [0, 0.1) is 5.41 Å². The van der Waals surface area contributed by atoms with E-state index in [-0.39, 0.29) is 12.5 Å². The number of carboxylic acids is 1. The van der Waals surface area contributed by atoms with Gasteiger partial charge in [0.2, 0.25) is 5.91 Å². The number of aliphatic carboxylic acids is 1. The largest absolute Gasteiger partial charge is 0.481 e. The topological polar surface area (TPSA) is 89.9 Å². The molecule has 25 heavy (non-hydrogen) atoms. The molecule has 1 aromatic rings. The predicted molar refractivity (Wildman–Crippen MR) is 92.7 cm³/mol. The van der Waals surface area contributed by atoms with Crippen molar-refractivity contribution >= 4 is 35.2 Å². The molecule has 0 bridgehead atoms. The zero-order valence-corrected chi connectivity index (χ0v) is 14.6. The van der Waals surface area contributed by atoms with Gasteiger partial charge < -0.3 is 20.2 Å². The molecule has 1 aromatic carbocycles. The van der Waals surface area contributed by atoms with Gasteiger partial charge in [-0.1, -0.05) is 23.7 Å². The van der Waals surface area contributed by atoms with Gasteiger partial charge in [0.1, 0.15) is 6.04 Å². The van der Waals surface area contributed by atoms with Gasteiger partial charge in [0.05, 0.1) is 16.1 Å². The van der Waals surface area contributed by atoms with E-state index in [1.54, 1.807) is 36.1 Å². The number of carbonyl (C=O) groups excluding carboxylic acids is 2. The molecule has 2 unspecified atom stereocenters. The SMILES string of the molecule is CC1(C(=O)O)CCN(C(=O)NC2CCN(c3ccccc3Cl)C2=O)C1. The van der Waals surface area contributed by atoms with Gasteiger partial charge in [-0.2, -0.15) is 0 Å². The molecular formula is C17H20ClN3O4. The maximum absolute atomic E-state index is 12.6. The molecule has 0 radical (unpaired) electrons. The number of carboxylic acid groups (broad SMARTS) is 1. The number of likely N-dealkylation sites (tertiary alicyclic amines) is 1. The summed E-state index contributed by atoms with van der Waals surface area (Å²) >= 11 is 6.14. The number of anilines is 1. The fourth-order valence-electron chi connectivity index (χ4n) is 3.27. The van der Waals surface area contributed by atoms with Crippen LogP contribution in [0.5, 0.6) is 0 Å². The molecular weight excluding hydrogens is 346 g/mol. The second kappa shape index (κ2) is 6.55. The standard InChI is InChI=1S/C17H20ClN3O4/c1-17(15(23)24)7-9-20(10-17)16(25)19-12-6-8-21(14(12)22)13-5-3-2-4-11(13)18/h2-5,12H,6-10H2,1H3,(H,19,25)(H,23,24). The first kappa shape index (κ1) is 17.5. The van der Waals surface area contributed by atoms with Crippen LogP contribution in [0.25, 0.3) is 0 Å². The zero-order chi connectivity index (χ0) is 18.2. The van der Waals surface area contributed by atoms with Crippen molar-refractivity contribution < 1.29 is 19.5 Å². The highest BCUT2D eigenvalue weighted by Gasteiger charge is 2.43. The first-order valence-corrected chi connectivity index (χ1v) is 8.54. The van der Waals surface area contributed by atoms with E-state index in [1.807, 2.05) is 0 Å². The summed E-state index contributed by atoms with van der Waals surface area (Å²) in [4.78, 5) is 39.3. The Kier molecular flexibility index (Phi) is 4.60. The molecule has 2 heterocycles. The lowest BCUT2D eigenvalue weighted by atomic mass is 9.90. The number of halogens is 1. The normalized spacial score (nSPS) is 26.2. The number of rotatable bonds is 3. The van der Waals surface area contributed by atoms with Crippen LogP contribution in [0.15, 0.2) is 24.3 Å². The minimum atomic E-state index is -0.930. The summed E-state index contributed by atoms with van der Waals surface area (Å²) in [7, 11) is 0. The lowest BCUT2D eigenvalue weighted by molar-refractivity contribution is -0.147. The van der Waals surface area contributed by atoms with Crippen LogP contribution in [-0.2, 0) is 9.59 Å². The molecule has 2 saturated heterocycles. The van der Waals surface area contributed by atoms with Crippen LogP contribution < -0.4 is 10.2 Å². The molecule has 8 heteroatoms. The average Bonchev–Trinajstić information content (AvgIpc) is 3.14. The number of benzene rings is 1. The Morgan fingerprint density at radius 1 is 1.32 bits per heavy atom. The molecule has 2 atom stereocenters. The van der Waals surface area contributed by atoms with Gasteiger partial charge >= 0.3 is 12.0 Å². The molecule has 2 aliphatic heterocycles. The van der Waals surface area contributed by atoms with E-state index in [9.17, 15) is 19.5 Å². The van der Waals surface area contributed by atoms with Gasteiger partial charge in [-0.05, 0) is 31.9 Å². The van der Waals surface area contributed by atoms with E-state index >= 15 is 0 Å². The minimum absolute atomic E-state index is 0.142. The lowest BCUT2D eigenvalue weighted by Gasteiger charge is -2.22. The third kappa shape index (κ3) is 3.28. The van der Waals surface area contributed by atoms with Crippen molar-refractivity contribution in [3.8, 4) is 0 Å². The molecule has 7 nitrogen and oxygen atoms in total. The lowest BCUT2D eigenvalue weighted by Crippen LogP contribution is -2.48. The number of amides is 3. The van der Waals surface area contributed by atoms with Gasteiger partial charge in [0, 0.05) is 19.6 Å². The van der Waals surface area contributed by atoms with Gasteiger partial charge in [-0.25, -0.2) is 4.79 Å². The molecule has 2 N–H and O–H groups in total. The molecule has 3 amide bonds. The van der Waals surface area contributed by atoms with Crippen LogP contribution in [0.3, 0.4) is 0 Å². The number of hydrogen-bond acceptors (Lipinski definition) is 3. The Hall–Kier alpha value is -2.28. The molecule has 3 rings (SSSR count). The number of para-hydroxylation sites is 1. The highest BCUT2D eigenvalue weighted by Crippen LogP contribution is 2.31. The molecule has 0 aliphatic carbocycles. The van der Waals surface area contributed by atoms with Crippen molar-refractivity contribution in [1.29, 1.82) is 0 Å². The van der Waals surface area contributed by atoms with Crippen molar-refractivity contribution in [2.75, 3.05) is 24.5 Å². The summed E-state index contributed by atoms with van der Waals surface area (Å²) in [5, 5.41) is 12.5. The van der Waals surface area contributed by atoms with E-state index in [0.29, 0.717) is 36.6 Å². The van der Waals surface area contributed by atoms with Crippen molar-refractivity contribution in [2.45, 2.75) is 25.8 Å². The van der Waals surface area contributed by atoms with Crippen LogP contribution in [0.2, 0.25) is 5.02 Å². The van der Waals surface area contributed by atoms with E-state index in [0.717, 1.165) is 0 Å². The number of urea groups is 1. The smallest absolute Gasteiger partial charge is 0.318 e. The summed E-state index contributed by atoms with van der Waals surface area (Å²) in [5.74, 6) is -1.12. The molecule has 2 fully saturated rings. The Balaban J connectivity index is 1.63.